The van der Waals surface area contributed by atoms with E-state index in [0.717, 1.165) is 12.8 Å². The minimum Gasteiger partial charge on any atom is -0.449 e. The zero-order chi connectivity index (χ0) is 23.3. The summed E-state index contributed by atoms with van der Waals surface area (Å²) in [5.41, 5.74) is 0.447. The predicted molar refractivity (Wildman–Crippen MR) is 128 cm³/mol. The lowest BCUT2D eigenvalue weighted by Crippen LogP contribution is -2.20. The van der Waals surface area contributed by atoms with Gasteiger partial charge in [0.25, 0.3) is 5.91 Å². The minimum atomic E-state index is -0.694. The van der Waals surface area contributed by atoms with Crippen molar-refractivity contribution in [1.82, 2.24) is 14.8 Å². The number of hydrogen-bond acceptors (Lipinski definition) is 5. The molecule has 0 radical (unpaired) electrons. The molecule has 2 aromatic heterocycles. The first-order chi connectivity index (χ1) is 15.3. The SMILES string of the molecule is CCCCOC(=O)Nc1cc(Cl)cc(Cl)c1NC(=O)c1cc(Br)nn1-c1ncccc1Cl. The summed E-state index contributed by atoms with van der Waals surface area (Å²) >= 11 is 21.9. The van der Waals surface area contributed by atoms with Crippen LogP contribution in [0.15, 0.2) is 41.1 Å². The number of carbonyl (C=O) groups excluding carboxylic acids is 2. The summed E-state index contributed by atoms with van der Waals surface area (Å²) in [6.45, 7) is 2.24. The van der Waals surface area contributed by atoms with Gasteiger partial charge in [0.1, 0.15) is 10.3 Å². The molecular formula is C20H17BrCl3N5O3. The maximum absolute atomic E-state index is 13.1. The van der Waals surface area contributed by atoms with Crippen molar-refractivity contribution in [3.05, 3.63) is 61.9 Å². The fraction of sp³-hybridized carbons (Fsp3) is 0.200. The number of rotatable bonds is 7. The molecule has 0 saturated heterocycles. The molecule has 0 unspecified atom stereocenters. The van der Waals surface area contributed by atoms with Crippen LogP contribution in [0, 0.1) is 0 Å². The zero-order valence-corrected chi connectivity index (χ0v) is 20.5. The maximum Gasteiger partial charge on any atom is 0.411 e. The third-order valence-corrected chi connectivity index (χ3v) is 5.31. The number of halogens is 4. The Balaban J connectivity index is 1.91. The van der Waals surface area contributed by atoms with Crippen LogP contribution in [-0.4, -0.2) is 33.4 Å². The molecule has 2 heterocycles. The number of hydrogen-bond donors (Lipinski definition) is 2. The van der Waals surface area contributed by atoms with Crippen LogP contribution >= 0.6 is 50.7 Å². The predicted octanol–water partition coefficient (Wildman–Crippen LogP) is 6.59. The average Bonchev–Trinajstić information content (AvgIpc) is 3.12. The molecule has 0 aliphatic rings. The second kappa shape index (κ2) is 11.0. The highest BCUT2D eigenvalue weighted by Gasteiger charge is 2.21. The number of amides is 2. The van der Waals surface area contributed by atoms with Gasteiger partial charge in [-0.05, 0) is 46.6 Å². The van der Waals surface area contributed by atoms with E-state index in [-0.39, 0.29) is 39.5 Å². The Bertz CT molecular complexity index is 1160. The Morgan fingerprint density at radius 3 is 2.66 bits per heavy atom. The molecule has 3 aromatic rings. The van der Waals surface area contributed by atoms with Crippen molar-refractivity contribution in [2.24, 2.45) is 0 Å². The summed E-state index contributed by atoms with van der Waals surface area (Å²) in [4.78, 5) is 29.4. The Labute approximate surface area is 207 Å². The maximum atomic E-state index is 13.1. The summed E-state index contributed by atoms with van der Waals surface area (Å²) in [7, 11) is 0. The van der Waals surface area contributed by atoms with Crippen LogP contribution in [0.2, 0.25) is 15.1 Å². The first-order valence-electron chi connectivity index (χ1n) is 9.40. The Kier molecular flexibility index (Phi) is 8.36. The van der Waals surface area contributed by atoms with E-state index in [1.807, 2.05) is 6.92 Å². The molecule has 8 nitrogen and oxygen atoms in total. The van der Waals surface area contributed by atoms with E-state index in [1.54, 1.807) is 12.1 Å². The number of nitrogens with one attached hydrogen (secondary N) is 2. The summed E-state index contributed by atoms with van der Waals surface area (Å²) in [6.07, 6.45) is 2.43. The van der Waals surface area contributed by atoms with Gasteiger partial charge in [-0.1, -0.05) is 48.1 Å². The highest BCUT2D eigenvalue weighted by Crippen LogP contribution is 2.35. The first-order valence-corrected chi connectivity index (χ1v) is 11.3. The molecule has 2 amide bonds. The molecule has 0 spiro atoms. The Morgan fingerprint density at radius 1 is 1.16 bits per heavy atom. The number of unbranched alkanes of at least 4 members (excludes halogenated alkanes) is 1. The molecular weight excluding hydrogens is 545 g/mol. The van der Waals surface area contributed by atoms with Gasteiger partial charge in [-0.15, -0.1) is 0 Å². The number of aromatic nitrogens is 3. The van der Waals surface area contributed by atoms with Gasteiger partial charge in [-0.25, -0.2) is 14.5 Å². The molecule has 0 saturated carbocycles. The number of benzene rings is 1. The van der Waals surface area contributed by atoms with E-state index in [2.05, 4.69) is 36.6 Å². The number of pyridine rings is 1. The number of carbonyl (C=O) groups is 2. The molecule has 0 aliphatic carbocycles. The molecule has 168 valence electrons. The molecule has 32 heavy (non-hydrogen) atoms. The van der Waals surface area contributed by atoms with Crippen LogP contribution < -0.4 is 10.6 Å². The highest BCUT2D eigenvalue weighted by atomic mass is 79.9. The summed E-state index contributed by atoms with van der Waals surface area (Å²) in [6, 6.07) is 7.68. The average molecular weight is 562 g/mol. The zero-order valence-electron chi connectivity index (χ0n) is 16.7. The first kappa shape index (κ1) is 24.3. The third-order valence-electron chi connectivity index (χ3n) is 4.11. The van der Waals surface area contributed by atoms with E-state index < -0.39 is 12.0 Å². The monoisotopic (exact) mass is 559 g/mol. The van der Waals surface area contributed by atoms with Crippen LogP contribution in [-0.2, 0) is 4.74 Å². The summed E-state index contributed by atoms with van der Waals surface area (Å²) < 4.78 is 6.79. The van der Waals surface area contributed by atoms with E-state index in [0.29, 0.717) is 9.63 Å². The van der Waals surface area contributed by atoms with Crippen LogP contribution in [0.5, 0.6) is 0 Å². The number of nitrogens with zero attached hydrogens (tertiary/aromatic N) is 3. The van der Waals surface area contributed by atoms with Crippen LogP contribution in [0.25, 0.3) is 5.82 Å². The lowest BCUT2D eigenvalue weighted by molar-refractivity contribution is 0.101. The summed E-state index contributed by atoms with van der Waals surface area (Å²) in [5, 5.41) is 10.2. The Morgan fingerprint density at radius 2 is 1.94 bits per heavy atom. The van der Waals surface area contributed by atoms with Crippen molar-refractivity contribution in [3.63, 3.8) is 0 Å². The second-order valence-electron chi connectivity index (χ2n) is 6.45. The van der Waals surface area contributed by atoms with Crippen molar-refractivity contribution >= 4 is 74.1 Å². The smallest absolute Gasteiger partial charge is 0.411 e. The van der Waals surface area contributed by atoms with E-state index in [9.17, 15) is 9.59 Å². The van der Waals surface area contributed by atoms with Gasteiger partial charge >= 0.3 is 6.09 Å². The van der Waals surface area contributed by atoms with Crippen LogP contribution in [0.1, 0.15) is 30.3 Å². The quantitative estimate of drug-likeness (QED) is 0.317. The number of ether oxygens (including phenoxy) is 1. The van der Waals surface area contributed by atoms with Gasteiger partial charge in [0.2, 0.25) is 0 Å². The largest absolute Gasteiger partial charge is 0.449 e. The van der Waals surface area contributed by atoms with Gasteiger partial charge in [-0.3, -0.25) is 10.1 Å². The Hall–Kier alpha value is -2.33. The molecule has 1 aromatic carbocycles. The molecule has 0 fully saturated rings. The minimum absolute atomic E-state index is 0.121. The van der Waals surface area contributed by atoms with Crippen LogP contribution in [0.3, 0.4) is 0 Å². The van der Waals surface area contributed by atoms with E-state index in [4.69, 9.17) is 39.5 Å². The van der Waals surface area contributed by atoms with Gasteiger partial charge in [0.05, 0.1) is 28.0 Å². The normalized spacial score (nSPS) is 10.7. The lowest BCUT2D eigenvalue weighted by atomic mass is 10.2. The summed E-state index contributed by atoms with van der Waals surface area (Å²) in [5.74, 6) is -0.304. The van der Waals surface area contributed by atoms with Gasteiger partial charge in [0.15, 0.2) is 5.82 Å². The molecule has 0 aliphatic heterocycles. The van der Waals surface area contributed by atoms with E-state index in [1.165, 1.54) is 29.1 Å². The van der Waals surface area contributed by atoms with Gasteiger partial charge in [0, 0.05) is 17.3 Å². The van der Waals surface area contributed by atoms with Crippen molar-refractivity contribution in [2.45, 2.75) is 19.8 Å². The van der Waals surface area contributed by atoms with Crippen LogP contribution in [0.4, 0.5) is 16.2 Å². The van der Waals surface area contributed by atoms with Gasteiger partial charge in [-0.2, -0.15) is 5.10 Å². The fourth-order valence-corrected chi connectivity index (χ4v) is 3.76. The molecule has 3 rings (SSSR count). The standard InChI is InChI=1S/C20H17BrCl3N5O3/c1-2-3-7-32-20(31)26-14-9-11(22)8-13(24)17(14)27-19(30)15-10-16(21)28-29(15)18-12(23)5-4-6-25-18/h4-6,8-10H,2-3,7H2,1H3,(H,26,31)(H,27,30). The fourth-order valence-electron chi connectivity index (χ4n) is 2.64. The van der Waals surface area contributed by atoms with Crippen molar-refractivity contribution < 1.29 is 14.3 Å². The highest BCUT2D eigenvalue weighted by molar-refractivity contribution is 9.10. The lowest BCUT2D eigenvalue weighted by Gasteiger charge is -2.15. The molecule has 0 atom stereocenters. The number of anilines is 2. The van der Waals surface area contributed by atoms with Crippen molar-refractivity contribution in [1.29, 1.82) is 0 Å². The van der Waals surface area contributed by atoms with Crippen molar-refractivity contribution in [3.8, 4) is 5.82 Å². The molecule has 12 heteroatoms. The third kappa shape index (κ3) is 5.92. The van der Waals surface area contributed by atoms with Gasteiger partial charge < -0.3 is 10.1 Å². The molecule has 0 bridgehead atoms. The van der Waals surface area contributed by atoms with E-state index >= 15 is 0 Å². The van der Waals surface area contributed by atoms with Crippen molar-refractivity contribution in [2.75, 3.05) is 17.2 Å². The second-order valence-corrected chi connectivity index (χ2v) is 8.52. The molecule has 2 N–H and O–H groups in total. The topological polar surface area (TPSA) is 98.1 Å².